The molecule has 0 aliphatic heterocycles. The molecule has 0 aliphatic carbocycles. The molecule has 0 fully saturated rings. The summed E-state index contributed by atoms with van der Waals surface area (Å²) in [5.41, 5.74) is 7.55. The Morgan fingerprint density at radius 2 is 2.16 bits per heavy atom. The zero-order valence-corrected chi connectivity index (χ0v) is 13.8. The number of nitrogens with zero attached hydrogens (tertiary/aromatic N) is 3. The molecule has 5 nitrogen and oxygen atoms in total. The first-order chi connectivity index (χ1) is 8.44. The van der Waals surface area contributed by atoms with Gasteiger partial charge in [0.1, 0.15) is 5.65 Å². The Bertz CT molecular complexity index is 535. The van der Waals surface area contributed by atoms with Crippen LogP contribution in [0.25, 0.3) is 5.65 Å². The monoisotopic (exact) mass is 373 g/mol. The van der Waals surface area contributed by atoms with E-state index in [1.807, 2.05) is 55.8 Å². The first kappa shape index (κ1) is 15.7. The molecule has 3 N–H and O–H groups in total. The van der Waals surface area contributed by atoms with Gasteiger partial charge in [-0.05, 0) is 32.9 Å². The van der Waals surface area contributed by atoms with E-state index in [4.69, 9.17) is 5.73 Å². The highest BCUT2D eigenvalue weighted by atomic mass is 127. The predicted octanol–water partition coefficient (Wildman–Crippen LogP) is 2.16. The van der Waals surface area contributed by atoms with Crippen LogP contribution in [0.15, 0.2) is 35.6 Å². The van der Waals surface area contributed by atoms with Crippen LogP contribution < -0.4 is 11.1 Å². The highest BCUT2D eigenvalue weighted by Gasteiger charge is 2.09. The van der Waals surface area contributed by atoms with Crippen molar-refractivity contribution in [3.8, 4) is 0 Å². The lowest BCUT2D eigenvalue weighted by Crippen LogP contribution is -2.44. The van der Waals surface area contributed by atoms with Crippen LogP contribution in [0.5, 0.6) is 0 Å². The van der Waals surface area contributed by atoms with Crippen LogP contribution >= 0.6 is 24.0 Å². The molecular weight excluding hydrogens is 353 g/mol. The minimum atomic E-state index is -0.0769. The third-order valence-electron chi connectivity index (χ3n) is 2.33. The number of pyridine rings is 1. The molecule has 0 bridgehead atoms. The van der Waals surface area contributed by atoms with Crippen LogP contribution in [0, 0.1) is 0 Å². The normalized spacial score (nSPS) is 12.3. The molecule has 0 atom stereocenters. The summed E-state index contributed by atoms with van der Waals surface area (Å²) in [5, 5.41) is 3.12. The molecule has 2 aromatic heterocycles. The molecule has 2 rings (SSSR count). The van der Waals surface area contributed by atoms with E-state index >= 15 is 0 Å². The Morgan fingerprint density at radius 1 is 1.42 bits per heavy atom. The van der Waals surface area contributed by atoms with Gasteiger partial charge in [0.05, 0.1) is 12.2 Å². The molecule has 0 radical (unpaired) electrons. The maximum atomic E-state index is 5.81. The van der Waals surface area contributed by atoms with Crippen LogP contribution in [0.2, 0.25) is 0 Å². The van der Waals surface area contributed by atoms with E-state index in [1.165, 1.54) is 0 Å². The number of halogens is 1. The predicted molar refractivity (Wildman–Crippen MR) is 88.8 cm³/mol. The zero-order valence-electron chi connectivity index (χ0n) is 11.4. The molecule has 6 heteroatoms. The van der Waals surface area contributed by atoms with Crippen LogP contribution in [0.4, 0.5) is 0 Å². The van der Waals surface area contributed by atoms with Crippen LogP contribution in [-0.4, -0.2) is 20.9 Å². The van der Waals surface area contributed by atoms with Crippen molar-refractivity contribution in [1.29, 1.82) is 0 Å². The molecule has 0 amide bonds. The third-order valence-corrected chi connectivity index (χ3v) is 2.33. The van der Waals surface area contributed by atoms with Gasteiger partial charge in [0.25, 0.3) is 0 Å². The second-order valence-electron chi connectivity index (χ2n) is 5.27. The van der Waals surface area contributed by atoms with Crippen LogP contribution in [0.3, 0.4) is 0 Å². The lowest BCUT2D eigenvalue weighted by Gasteiger charge is -2.20. The van der Waals surface area contributed by atoms with Crippen LogP contribution in [0.1, 0.15) is 26.5 Å². The van der Waals surface area contributed by atoms with Crippen molar-refractivity contribution in [2.24, 2.45) is 10.7 Å². The molecule has 0 saturated carbocycles. The van der Waals surface area contributed by atoms with E-state index in [1.54, 1.807) is 0 Å². The fourth-order valence-electron chi connectivity index (χ4n) is 1.65. The van der Waals surface area contributed by atoms with E-state index < -0.39 is 0 Å². The first-order valence-corrected chi connectivity index (χ1v) is 5.95. The summed E-state index contributed by atoms with van der Waals surface area (Å²) >= 11 is 0. The minimum Gasteiger partial charge on any atom is -0.370 e. The number of rotatable bonds is 2. The minimum absolute atomic E-state index is 0. The average molecular weight is 373 g/mol. The molecule has 2 aromatic rings. The van der Waals surface area contributed by atoms with E-state index in [0.717, 1.165) is 11.3 Å². The highest BCUT2D eigenvalue weighted by molar-refractivity contribution is 14.0. The molecule has 19 heavy (non-hydrogen) atoms. The quantitative estimate of drug-likeness (QED) is 0.482. The molecule has 0 saturated heterocycles. The van der Waals surface area contributed by atoms with E-state index in [-0.39, 0.29) is 29.5 Å². The summed E-state index contributed by atoms with van der Waals surface area (Å²) in [4.78, 5) is 8.74. The van der Waals surface area contributed by atoms with Gasteiger partial charge in [-0.15, -0.1) is 24.0 Å². The summed E-state index contributed by atoms with van der Waals surface area (Å²) in [7, 11) is 0. The second-order valence-corrected chi connectivity index (χ2v) is 5.27. The number of nitrogens with one attached hydrogen (secondary N) is 1. The third kappa shape index (κ3) is 4.70. The molecule has 0 unspecified atom stereocenters. The Kier molecular flexibility index (Phi) is 5.16. The van der Waals surface area contributed by atoms with Gasteiger partial charge in [0.2, 0.25) is 0 Å². The van der Waals surface area contributed by atoms with Gasteiger partial charge in [-0.25, -0.2) is 9.98 Å². The number of hydrogen-bond acceptors (Lipinski definition) is 2. The Labute approximate surface area is 130 Å². The van der Waals surface area contributed by atoms with Gasteiger partial charge in [0, 0.05) is 17.9 Å². The molecule has 104 valence electrons. The first-order valence-electron chi connectivity index (χ1n) is 5.95. The number of nitrogens with two attached hydrogens (primary N) is 1. The van der Waals surface area contributed by atoms with E-state index in [0.29, 0.717) is 12.5 Å². The topological polar surface area (TPSA) is 67.7 Å². The van der Waals surface area contributed by atoms with Crippen molar-refractivity contribution in [3.05, 3.63) is 36.3 Å². The SMILES string of the molecule is CC(C)(C)NC(N)=NCc1cn2ccccc2n1.I. The number of aromatic nitrogens is 2. The number of aliphatic imine (C=N–C) groups is 1. The Balaban J connectivity index is 0.00000180. The Hall–Kier alpha value is -1.31. The van der Waals surface area contributed by atoms with Gasteiger partial charge in [-0.1, -0.05) is 6.07 Å². The zero-order chi connectivity index (χ0) is 13.2. The molecule has 2 heterocycles. The summed E-state index contributed by atoms with van der Waals surface area (Å²) in [6.07, 6.45) is 3.93. The molecular formula is C13H20IN5. The largest absolute Gasteiger partial charge is 0.370 e. The number of guanidine groups is 1. The van der Waals surface area contributed by atoms with Crippen molar-refractivity contribution in [3.63, 3.8) is 0 Å². The summed E-state index contributed by atoms with van der Waals surface area (Å²) in [5.74, 6) is 0.444. The molecule has 0 aliphatic rings. The number of imidazole rings is 1. The maximum Gasteiger partial charge on any atom is 0.189 e. The lowest BCUT2D eigenvalue weighted by atomic mass is 10.1. The maximum absolute atomic E-state index is 5.81. The van der Waals surface area contributed by atoms with Gasteiger partial charge < -0.3 is 15.5 Å². The summed E-state index contributed by atoms with van der Waals surface area (Å²) < 4.78 is 1.97. The van der Waals surface area contributed by atoms with Crippen molar-refractivity contribution in [2.45, 2.75) is 32.9 Å². The van der Waals surface area contributed by atoms with Crippen molar-refractivity contribution in [2.75, 3.05) is 0 Å². The van der Waals surface area contributed by atoms with Crippen molar-refractivity contribution in [1.82, 2.24) is 14.7 Å². The van der Waals surface area contributed by atoms with Gasteiger partial charge in [-0.2, -0.15) is 0 Å². The number of fused-ring (bicyclic) bond motifs is 1. The van der Waals surface area contributed by atoms with E-state index in [2.05, 4.69) is 15.3 Å². The fraction of sp³-hybridized carbons (Fsp3) is 0.385. The highest BCUT2D eigenvalue weighted by Crippen LogP contribution is 2.05. The molecule has 0 aromatic carbocycles. The standard InChI is InChI=1S/C13H19N5.HI/c1-13(2,3)17-12(14)15-8-10-9-18-7-5-4-6-11(18)16-10;/h4-7,9H,8H2,1-3H3,(H3,14,15,17);1H. The fourth-order valence-corrected chi connectivity index (χ4v) is 1.65. The average Bonchev–Trinajstić information content (AvgIpc) is 2.66. The lowest BCUT2D eigenvalue weighted by molar-refractivity contribution is 0.508. The summed E-state index contributed by atoms with van der Waals surface area (Å²) in [6, 6.07) is 5.89. The summed E-state index contributed by atoms with van der Waals surface area (Å²) in [6.45, 7) is 6.61. The van der Waals surface area contributed by atoms with Crippen molar-refractivity contribution >= 4 is 35.6 Å². The second kappa shape index (κ2) is 6.23. The van der Waals surface area contributed by atoms with E-state index in [9.17, 15) is 0 Å². The van der Waals surface area contributed by atoms with Crippen LogP contribution in [-0.2, 0) is 6.54 Å². The van der Waals surface area contributed by atoms with Crippen molar-refractivity contribution < 1.29 is 0 Å². The molecule has 0 spiro atoms. The smallest absolute Gasteiger partial charge is 0.189 e. The van der Waals surface area contributed by atoms with Gasteiger partial charge >= 0.3 is 0 Å². The number of hydrogen-bond donors (Lipinski definition) is 2. The van der Waals surface area contributed by atoms with Gasteiger partial charge in [0.15, 0.2) is 5.96 Å². The Morgan fingerprint density at radius 3 is 2.79 bits per heavy atom. The van der Waals surface area contributed by atoms with Gasteiger partial charge in [-0.3, -0.25) is 0 Å².